The van der Waals surface area contributed by atoms with E-state index in [9.17, 15) is 0 Å². The Morgan fingerprint density at radius 3 is 2.73 bits per heavy atom. The summed E-state index contributed by atoms with van der Waals surface area (Å²) in [5, 5.41) is 3.48. The lowest BCUT2D eigenvalue weighted by molar-refractivity contribution is 0.128. The number of rotatable bonds is 6. The molecule has 0 aliphatic rings. The molecule has 0 unspecified atom stereocenters. The molecule has 0 aliphatic carbocycles. The van der Waals surface area contributed by atoms with Gasteiger partial charge in [0, 0.05) is 38.1 Å². The van der Waals surface area contributed by atoms with E-state index in [0.717, 1.165) is 19.7 Å². The number of methoxy groups -OCH3 is 1. The molecule has 0 aromatic carbocycles. The largest absolute Gasteiger partial charge is 0.383 e. The third-order valence-corrected chi connectivity index (χ3v) is 2.45. The molecule has 0 saturated carbocycles. The lowest BCUT2D eigenvalue weighted by atomic mass is 10.1. The first-order valence-corrected chi connectivity index (χ1v) is 5.46. The van der Waals surface area contributed by atoms with Gasteiger partial charge in [-0.3, -0.25) is 0 Å². The van der Waals surface area contributed by atoms with Crippen LogP contribution in [0, 0.1) is 0 Å². The fourth-order valence-corrected chi connectivity index (χ4v) is 1.55. The average molecular weight is 210 g/mol. The van der Waals surface area contributed by atoms with Crippen molar-refractivity contribution in [2.75, 3.05) is 13.7 Å². The van der Waals surface area contributed by atoms with E-state index >= 15 is 0 Å². The predicted molar refractivity (Wildman–Crippen MR) is 62.9 cm³/mol. The summed E-state index contributed by atoms with van der Waals surface area (Å²) in [6.07, 6.45) is 4.29. The molecule has 3 heteroatoms. The maximum atomic E-state index is 5.15. The minimum Gasteiger partial charge on any atom is -0.383 e. The summed E-state index contributed by atoms with van der Waals surface area (Å²) >= 11 is 0. The standard InChI is InChI=1S/C12H22N2O/c1-5-14-7-6-11(9-14)8-13-12(2,3)10-15-4/h6-7,9,13H,5,8,10H2,1-4H3. The summed E-state index contributed by atoms with van der Waals surface area (Å²) < 4.78 is 7.33. The summed E-state index contributed by atoms with van der Waals surface area (Å²) in [5.74, 6) is 0. The quantitative estimate of drug-likeness (QED) is 0.777. The highest BCUT2D eigenvalue weighted by Crippen LogP contribution is 2.06. The summed E-state index contributed by atoms with van der Waals surface area (Å²) in [4.78, 5) is 0. The van der Waals surface area contributed by atoms with Gasteiger partial charge in [-0.15, -0.1) is 0 Å². The summed E-state index contributed by atoms with van der Waals surface area (Å²) in [5.41, 5.74) is 1.35. The molecule has 0 fully saturated rings. The van der Waals surface area contributed by atoms with Gasteiger partial charge in [0.1, 0.15) is 0 Å². The van der Waals surface area contributed by atoms with Crippen LogP contribution in [0.2, 0.25) is 0 Å². The van der Waals surface area contributed by atoms with Gasteiger partial charge in [0.2, 0.25) is 0 Å². The van der Waals surface area contributed by atoms with Gasteiger partial charge in [0.25, 0.3) is 0 Å². The average Bonchev–Trinajstić information content (AvgIpc) is 2.62. The molecule has 0 bridgehead atoms. The van der Waals surface area contributed by atoms with Crippen LogP contribution in [0.4, 0.5) is 0 Å². The summed E-state index contributed by atoms with van der Waals surface area (Å²) in [6.45, 7) is 9.08. The first-order chi connectivity index (χ1) is 7.07. The predicted octanol–water partition coefficient (Wildman–Crippen LogP) is 2.02. The Bertz CT molecular complexity index is 292. The van der Waals surface area contributed by atoms with Crippen molar-refractivity contribution in [1.29, 1.82) is 0 Å². The third kappa shape index (κ3) is 4.06. The number of aromatic nitrogens is 1. The van der Waals surface area contributed by atoms with Crippen molar-refractivity contribution in [3.8, 4) is 0 Å². The molecule has 0 radical (unpaired) electrons. The van der Waals surface area contributed by atoms with Crippen LogP contribution in [0.25, 0.3) is 0 Å². The van der Waals surface area contributed by atoms with E-state index in [4.69, 9.17) is 4.74 Å². The van der Waals surface area contributed by atoms with E-state index in [1.54, 1.807) is 7.11 Å². The SMILES string of the molecule is CCn1ccc(CNC(C)(C)COC)c1. The zero-order valence-corrected chi connectivity index (χ0v) is 10.2. The number of nitrogens with zero attached hydrogens (tertiary/aromatic N) is 1. The van der Waals surface area contributed by atoms with E-state index in [1.807, 2.05) is 0 Å². The maximum absolute atomic E-state index is 5.15. The van der Waals surface area contributed by atoms with E-state index < -0.39 is 0 Å². The van der Waals surface area contributed by atoms with Crippen LogP contribution in [0.1, 0.15) is 26.3 Å². The Kier molecular flexibility index (Phi) is 4.36. The minimum atomic E-state index is 0.0308. The summed E-state index contributed by atoms with van der Waals surface area (Å²) in [6, 6.07) is 2.15. The van der Waals surface area contributed by atoms with Crippen LogP contribution < -0.4 is 5.32 Å². The Morgan fingerprint density at radius 2 is 2.20 bits per heavy atom. The molecule has 3 nitrogen and oxygen atoms in total. The fourth-order valence-electron chi connectivity index (χ4n) is 1.55. The Hall–Kier alpha value is -0.800. The molecule has 15 heavy (non-hydrogen) atoms. The van der Waals surface area contributed by atoms with Crippen molar-refractivity contribution in [3.05, 3.63) is 24.0 Å². The maximum Gasteiger partial charge on any atom is 0.0639 e. The van der Waals surface area contributed by atoms with Crippen LogP contribution in [0.5, 0.6) is 0 Å². The van der Waals surface area contributed by atoms with Crippen molar-refractivity contribution >= 4 is 0 Å². The molecule has 0 spiro atoms. The fraction of sp³-hybridized carbons (Fsp3) is 0.667. The number of ether oxygens (including phenoxy) is 1. The zero-order chi connectivity index (χ0) is 11.3. The zero-order valence-electron chi connectivity index (χ0n) is 10.2. The highest BCUT2D eigenvalue weighted by Gasteiger charge is 2.16. The monoisotopic (exact) mass is 210 g/mol. The van der Waals surface area contributed by atoms with Crippen LogP contribution >= 0.6 is 0 Å². The van der Waals surface area contributed by atoms with Gasteiger partial charge in [0.05, 0.1) is 6.61 Å². The minimum absolute atomic E-state index is 0.0308. The highest BCUT2D eigenvalue weighted by atomic mass is 16.5. The first-order valence-electron chi connectivity index (χ1n) is 5.46. The molecule has 1 N–H and O–H groups in total. The van der Waals surface area contributed by atoms with Gasteiger partial charge < -0.3 is 14.6 Å². The number of aryl methyl sites for hydroxylation is 1. The van der Waals surface area contributed by atoms with E-state index in [1.165, 1.54) is 5.56 Å². The van der Waals surface area contributed by atoms with Crippen LogP contribution in [-0.4, -0.2) is 23.8 Å². The second kappa shape index (κ2) is 5.33. The van der Waals surface area contributed by atoms with Crippen molar-refractivity contribution in [2.45, 2.75) is 39.4 Å². The van der Waals surface area contributed by atoms with Gasteiger partial charge in [-0.05, 0) is 32.4 Å². The highest BCUT2D eigenvalue weighted by molar-refractivity contribution is 5.10. The van der Waals surface area contributed by atoms with Crippen LogP contribution in [-0.2, 0) is 17.8 Å². The van der Waals surface area contributed by atoms with Crippen molar-refractivity contribution in [1.82, 2.24) is 9.88 Å². The molecule has 0 atom stereocenters. The second-order valence-electron chi connectivity index (χ2n) is 4.52. The smallest absolute Gasteiger partial charge is 0.0639 e. The molecule has 0 amide bonds. The lowest BCUT2D eigenvalue weighted by Crippen LogP contribution is -2.42. The van der Waals surface area contributed by atoms with E-state index in [-0.39, 0.29) is 5.54 Å². The van der Waals surface area contributed by atoms with Gasteiger partial charge in [-0.25, -0.2) is 0 Å². The molecule has 86 valence electrons. The van der Waals surface area contributed by atoms with Crippen molar-refractivity contribution in [3.63, 3.8) is 0 Å². The Morgan fingerprint density at radius 1 is 1.47 bits per heavy atom. The van der Waals surface area contributed by atoms with E-state index in [2.05, 4.69) is 49.1 Å². The Balaban J connectivity index is 2.42. The lowest BCUT2D eigenvalue weighted by Gasteiger charge is -2.25. The molecular weight excluding hydrogens is 188 g/mol. The molecule has 0 saturated heterocycles. The molecule has 0 aliphatic heterocycles. The third-order valence-electron chi connectivity index (χ3n) is 2.45. The molecule has 1 heterocycles. The van der Waals surface area contributed by atoms with Crippen molar-refractivity contribution in [2.24, 2.45) is 0 Å². The number of hydrogen-bond acceptors (Lipinski definition) is 2. The van der Waals surface area contributed by atoms with Crippen LogP contribution in [0.3, 0.4) is 0 Å². The number of hydrogen-bond donors (Lipinski definition) is 1. The Labute approximate surface area is 92.4 Å². The van der Waals surface area contributed by atoms with E-state index in [0.29, 0.717) is 0 Å². The normalized spacial score (nSPS) is 12.0. The van der Waals surface area contributed by atoms with Crippen molar-refractivity contribution < 1.29 is 4.74 Å². The van der Waals surface area contributed by atoms with Gasteiger partial charge >= 0.3 is 0 Å². The van der Waals surface area contributed by atoms with Gasteiger partial charge in [0.15, 0.2) is 0 Å². The van der Waals surface area contributed by atoms with Gasteiger partial charge in [-0.1, -0.05) is 0 Å². The number of nitrogens with one attached hydrogen (secondary N) is 1. The first kappa shape index (κ1) is 12.3. The summed E-state index contributed by atoms with van der Waals surface area (Å²) in [7, 11) is 1.73. The molecule has 1 aromatic heterocycles. The van der Waals surface area contributed by atoms with Crippen LogP contribution in [0.15, 0.2) is 18.5 Å². The van der Waals surface area contributed by atoms with Gasteiger partial charge in [-0.2, -0.15) is 0 Å². The second-order valence-corrected chi connectivity index (χ2v) is 4.52. The topological polar surface area (TPSA) is 26.2 Å². The molecular formula is C12H22N2O. The molecule has 1 rings (SSSR count). The molecule has 1 aromatic rings.